The lowest BCUT2D eigenvalue weighted by molar-refractivity contribution is 0.462. The van der Waals surface area contributed by atoms with Crippen LogP contribution < -0.4 is 0 Å². The van der Waals surface area contributed by atoms with Gasteiger partial charge in [-0.1, -0.05) is 13.8 Å². The highest BCUT2D eigenvalue weighted by atomic mass is 32.2. The maximum absolute atomic E-state index is 2.29. The van der Waals surface area contributed by atoms with Crippen LogP contribution >= 0.6 is 11.8 Å². The van der Waals surface area contributed by atoms with Crippen LogP contribution in [0.3, 0.4) is 0 Å². The lowest BCUT2D eigenvalue weighted by Crippen LogP contribution is -2.30. The zero-order valence-corrected chi connectivity index (χ0v) is 5.93. The molecule has 1 fully saturated rings. The number of thioether (sulfide) groups is 1. The molecule has 1 rings (SSSR count). The van der Waals surface area contributed by atoms with E-state index in [-0.39, 0.29) is 0 Å². The summed E-state index contributed by atoms with van der Waals surface area (Å²) in [6, 6.07) is 0. The van der Waals surface area contributed by atoms with Gasteiger partial charge in [-0.25, -0.2) is 0 Å². The number of hydrogen-bond acceptors (Lipinski definition) is 1. The van der Waals surface area contributed by atoms with E-state index in [1.165, 1.54) is 5.75 Å². The quantitative estimate of drug-likeness (QED) is 0.467. The van der Waals surface area contributed by atoms with Crippen molar-refractivity contribution in [3.8, 4) is 0 Å². The molecule has 1 saturated heterocycles. The SMILES string of the molecule is C[C]1SCC1(C)C. The van der Waals surface area contributed by atoms with Crippen molar-refractivity contribution in [1.29, 1.82) is 0 Å². The molecule has 0 saturated carbocycles. The van der Waals surface area contributed by atoms with E-state index in [4.69, 9.17) is 0 Å². The molecule has 0 aliphatic carbocycles. The zero-order valence-electron chi connectivity index (χ0n) is 5.12. The molecule has 0 amide bonds. The molecule has 1 heterocycles. The van der Waals surface area contributed by atoms with E-state index in [9.17, 15) is 0 Å². The molecule has 0 bridgehead atoms. The summed E-state index contributed by atoms with van der Waals surface area (Å²) in [4.78, 5) is 0. The molecule has 0 atom stereocenters. The van der Waals surface area contributed by atoms with Crippen molar-refractivity contribution < 1.29 is 0 Å². The first-order chi connectivity index (χ1) is 3.13. The van der Waals surface area contributed by atoms with Crippen molar-refractivity contribution in [3.63, 3.8) is 0 Å². The highest BCUT2D eigenvalue weighted by Gasteiger charge is 2.36. The van der Waals surface area contributed by atoms with E-state index < -0.39 is 0 Å². The van der Waals surface area contributed by atoms with Crippen LogP contribution in [0.4, 0.5) is 0 Å². The van der Waals surface area contributed by atoms with Gasteiger partial charge >= 0.3 is 0 Å². The van der Waals surface area contributed by atoms with E-state index in [1.807, 2.05) is 11.8 Å². The van der Waals surface area contributed by atoms with E-state index in [0.29, 0.717) is 5.41 Å². The lowest BCUT2D eigenvalue weighted by atomic mass is 9.91. The van der Waals surface area contributed by atoms with Gasteiger partial charge in [0.2, 0.25) is 0 Å². The third-order valence-electron chi connectivity index (χ3n) is 1.60. The Hall–Kier alpha value is 0.350. The minimum absolute atomic E-state index is 0.560. The summed E-state index contributed by atoms with van der Waals surface area (Å²) >= 11 is 1.98. The molecular formula is C6H11S. The molecule has 0 nitrogen and oxygen atoms in total. The molecule has 0 aromatic carbocycles. The third kappa shape index (κ3) is 0.788. The molecule has 1 heteroatoms. The van der Waals surface area contributed by atoms with Gasteiger partial charge in [0.1, 0.15) is 0 Å². The minimum atomic E-state index is 0.560. The Morgan fingerprint density at radius 2 is 2.00 bits per heavy atom. The predicted octanol–water partition coefficient (Wildman–Crippen LogP) is 2.31. The van der Waals surface area contributed by atoms with Gasteiger partial charge in [-0.15, -0.1) is 0 Å². The zero-order chi connectivity index (χ0) is 5.49. The molecule has 41 valence electrons. The van der Waals surface area contributed by atoms with Gasteiger partial charge in [0.05, 0.1) is 0 Å². The molecule has 0 unspecified atom stereocenters. The molecule has 1 aliphatic rings. The van der Waals surface area contributed by atoms with Gasteiger partial charge in [-0.2, -0.15) is 11.8 Å². The maximum Gasteiger partial charge on any atom is 0.0340 e. The van der Waals surface area contributed by atoms with E-state index in [0.717, 1.165) is 0 Å². The van der Waals surface area contributed by atoms with E-state index in [2.05, 4.69) is 20.8 Å². The Labute approximate surface area is 49.7 Å². The fraction of sp³-hybridized carbons (Fsp3) is 0.833. The van der Waals surface area contributed by atoms with Gasteiger partial charge in [-0.05, 0) is 12.3 Å². The summed E-state index contributed by atoms with van der Waals surface area (Å²) in [6.07, 6.45) is 0. The Kier molecular flexibility index (Phi) is 1.11. The summed E-state index contributed by atoms with van der Waals surface area (Å²) in [5.41, 5.74) is 0.560. The van der Waals surface area contributed by atoms with Crippen molar-refractivity contribution in [3.05, 3.63) is 5.25 Å². The van der Waals surface area contributed by atoms with E-state index in [1.54, 1.807) is 5.25 Å². The molecule has 1 radical (unpaired) electrons. The summed E-state index contributed by atoms with van der Waals surface area (Å²) in [7, 11) is 0. The van der Waals surface area contributed by atoms with Crippen LogP contribution in [0.25, 0.3) is 0 Å². The van der Waals surface area contributed by atoms with Crippen molar-refractivity contribution in [2.45, 2.75) is 20.8 Å². The molecule has 0 aromatic rings. The molecule has 0 aromatic heterocycles. The lowest BCUT2D eigenvalue weighted by Gasteiger charge is -2.40. The Bertz CT molecular complexity index is 76.2. The first kappa shape index (κ1) is 5.49. The molecule has 1 aliphatic heterocycles. The van der Waals surface area contributed by atoms with Crippen molar-refractivity contribution in [1.82, 2.24) is 0 Å². The van der Waals surface area contributed by atoms with Crippen LogP contribution in [-0.4, -0.2) is 5.75 Å². The maximum atomic E-state index is 2.29. The molecule has 0 N–H and O–H groups in total. The van der Waals surface area contributed by atoms with Gasteiger partial charge in [0.25, 0.3) is 0 Å². The third-order valence-corrected chi connectivity index (χ3v) is 3.45. The van der Waals surface area contributed by atoms with Crippen molar-refractivity contribution in [2.24, 2.45) is 5.41 Å². The highest BCUT2D eigenvalue weighted by Crippen LogP contribution is 2.50. The Morgan fingerprint density at radius 3 is 2.00 bits per heavy atom. The summed E-state index contributed by atoms with van der Waals surface area (Å²) in [5, 5.41) is 1.59. The minimum Gasteiger partial charge on any atom is -0.153 e. The van der Waals surface area contributed by atoms with Gasteiger partial charge in [0, 0.05) is 11.0 Å². The fourth-order valence-electron chi connectivity index (χ4n) is 0.505. The van der Waals surface area contributed by atoms with Crippen LogP contribution in [-0.2, 0) is 0 Å². The second-order valence-corrected chi connectivity index (χ2v) is 3.92. The second kappa shape index (κ2) is 1.41. The predicted molar refractivity (Wildman–Crippen MR) is 35.2 cm³/mol. The van der Waals surface area contributed by atoms with Crippen LogP contribution in [0.5, 0.6) is 0 Å². The van der Waals surface area contributed by atoms with Crippen LogP contribution in [0, 0.1) is 10.7 Å². The smallest absolute Gasteiger partial charge is 0.0340 e. The topological polar surface area (TPSA) is 0 Å². The summed E-state index contributed by atoms with van der Waals surface area (Å²) in [5.74, 6) is 1.32. The molecular weight excluding hydrogens is 104 g/mol. The molecule has 7 heavy (non-hydrogen) atoms. The Morgan fingerprint density at radius 1 is 1.57 bits per heavy atom. The van der Waals surface area contributed by atoms with Gasteiger partial charge in [0.15, 0.2) is 0 Å². The van der Waals surface area contributed by atoms with Crippen LogP contribution in [0.1, 0.15) is 20.8 Å². The van der Waals surface area contributed by atoms with Gasteiger partial charge < -0.3 is 0 Å². The number of hydrogen-bond donors (Lipinski definition) is 0. The Balaban J connectivity index is 2.43. The van der Waals surface area contributed by atoms with Gasteiger partial charge in [-0.3, -0.25) is 0 Å². The largest absolute Gasteiger partial charge is 0.153 e. The fourth-order valence-corrected chi connectivity index (χ4v) is 1.52. The van der Waals surface area contributed by atoms with Crippen LogP contribution in [0.15, 0.2) is 0 Å². The van der Waals surface area contributed by atoms with Crippen molar-refractivity contribution >= 4 is 11.8 Å². The van der Waals surface area contributed by atoms with Crippen molar-refractivity contribution in [2.75, 3.05) is 5.75 Å². The standard InChI is InChI=1S/C6H11S/c1-5-6(2,3)4-7-5/h4H2,1-3H3. The molecule has 0 spiro atoms. The normalized spacial score (nSPS) is 29.6. The summed E-state index contributed by atoms with van der Waals surface area (Å²) in [6.45, 7) is 6.80. The van der Waals surface area contributed by atoms with E-state index >= 15 is 0 Å². The monoisotopic (exact) mass is 115 g/mol. The second-order valence-electron chi connectivity index (χ2n) is 2.73. The van der Waals surface area contributed by atoms with Crippen LogP contribution in [0.2, 0.25) is 0 Å². The summed E-state index contributed by atoms with van der Waals surface area (Å²) < 4.78 is 0. The average molecular weight is 115 g/mol. The first-order valence-electron chi connectivity index (χ1n) is 2.60. The first-order valence-corrected chi connectivity index (χ1v) is 3.58. The average Bonchev–Trinajstić information content (AvgIpc) is 1.63. The highest BCUT2D eigenvalue weighted by molar-refractivity contribution is 8.03. The number of rotatable bonds is 0.